The van der Waals surface area contributed by atoms with Crippen molar-refractivity contribution >= 4 is 17.7 Å². The number of carbonyl (C=O) groups is 3. The average molecular weight is 907 g/mol. The lowest BCUT2D eigenvalue weighted by Gasteiger charge is -2.17. The number of carboxylic acid groups (broad SMARTS) is 2. The Hall–Kier alpha value is -7.39. The summed E-state index contributed by atoms with van der Waals surface area (Å²) in [6, 6.07) is 7.95. The second-order valence-electron chi connectivity index (χ2n) is 12.5. The summed E-state index contributed by atoms with van der Waals surface area (Å²) < 4.78 is 34.4. The van der Waals surface area contributed by atoms with E-state index in [2.05, 4.69) is 52.6 Å². The van der Waals surface area contributed by atoms with Gasteiger partial charge < -0.3 is 59.1 Å². The molecule has 15 heteroatoms. The largest absolute Gasteiger partial charge is 0.504 e. The maximum atomic E-state index is 11.8. The van der Waals surface area contributed by atoms with Gasteiger partial charge >= 0.3 is 11.9 Å². The van der Waals surface area contributed by atoms with Crippen LogP contribution in [0.1, 0.15) is 83.4 Å². The third-order valence-corrected chi connectivity index (χ3v) is 7.47. The number of ketones is 1. The molecule has 0 amide bonds. The molecule has 0 aromatic heterocycles. The predicted molar refractivity (Wildman–Crippen MR) is 254 cm³/mol. The molecule has 0 aliphatic carbocycles. The number of aliphatic hydroxyl groups excluding tert-OH is 1. The van der Waals surface area contributed by atoms with Crippen molar-refractivity contribution in [3.05, 3.63) is 142 Å². The molecule has 0 aliphatic heterocycles. The summed E-state index contributed by atoms with van der Waals surface area (Å²) in [4.78, 5) is 33.4. The first-order valence-electron chi connectivity index (χ1n) is 20.3. The SMILES string of the molecule is C=C.C=CCCOc1cc(C(=O)O)cc(OCCC=C)c1OCCC=C.C=CCCOc1cc(C(C)=O)cc(OCCC=C)c1OCCC=C.CCO.O=C(O)c1cc(O)c(O)c(O)c1. The normalized spacial score (nSPS) is 9.40. The van der Waals surface area contributed by atoms with Gasteiger partial charge in [-0.2, -0.15) is 0 Å². The van der Waals surface area contributed by atoms with Crippen molar-refractivity contribution in [2.24, 2.45) is 0 Å². The second-order valence-corrected chi connectivity index (χ2v) is 12.5. The van der Waals surface area contributed by atoms with Gasteiger partial charge in [0.15, 0.2) is 46.0 Å². The lowest BCUT2D eigenvalue weighted by Crippen LogP contribution is -2.07. The standard InChI is InChI=1S/C20H26O4.C19H24O5.C7H6O5.C2H6O.C2H4/c1-5-8-11-22-18-14-17(16(4)21)15-19(23-12-9-6-2)20(18)24-13-10-7-3;1-4-7-10-22-16-13-15(19(20)21)14-17(23-11-8-5-2)18(16)24-12-9-6-3;8-4-1-3(7(11)12)2-5(9)6(4)10;1-2-3;1-2/h5-7,14-15H,1-3,8-13H2,4H3;4-6,13-14H,1-3,7-12H2,(H,20,21);1-2,8-10H,(H,11,12);3H,2H2,1H3;1-2H2. The average Bonchev–Trinajstić information content (AvgIpc) is 3.28. The molecule has 65 heavy (non-hydrogen) atoms. The van der Waals surface area contributed by atoms with Crippen LogP contribution in [0.15, 0.2) is 125 Å². The molecular weight excluding hydrogens is 841 g/mol. The summed E-state index contributed by atoms with van der Waals surface area (Å²) in [5.74, 6) is -1.86. The number of hydrogen-bond donors (Lipinski definition) is 6. The quantitative estimate of drug-likeness (QED) is 0.0181. The van der Waals surface area contributed by atoms with Crippen molar-refractivity contribution in [3.8, 4) is 51.7 Å². The minimum atomic E-state index is -1.29. The third kappa shape index (κ3) is 24.7. The summed E-state index contributed by atoms with van der Waals surface area (Å²) in [7, 11) is 0. The molecular formula is C50H66O15. The summed E-state index contributed by atoms with van der Waals surface area (Å²) in [6.45, 7) is 33.9. The molecule has 0 unspecified atom stereocenters. The van der Waals surface area contributed by atoms with Crippen LogP contribution in [0.4, 0.5) is 0 Å². The van der Waals surface area contributed by atoms with Gasteiger partial charge in [0, 0.05) is 12.2 Å². The van der Waals surface area contributed by atoms with E-state index in [1.807, 2.05) is 0 Å². The van der Waals surface area contributed by atoms with Crippen LogP contribution >= 0.6 is 0 Å². The van der Waals surface area contributed by atoms with E-state index in [9.17, 15) is 19.5 Å². The first kappa shape index (κ1) is 59.7. The number of Topliss-reactive ketones (excluding diaryl/α,β-unsaturated/α-hetero) is 1. The zero-order chi connectivity index (χ0) is 49.6. The Morgan fingerprint density at radius 2 is 0.708 bits per heavy atom. The molecule has 15 nitrogen and oxygen atoms in total. The Kier molecular flexibility index (Phi) is 34.2. The van der Waals surface area contributed by atoms with E-state index >= 15 is 0 Å². The molecule has 3 aromatic rings. The van der Waals surface area contributed by atoms with E-state index in [-0.39, 0.29) is 23.5 Å². The number of aromatic carboxylic acids is 2. The highest BCUT2D eigenvalue weighted by atomic mass is 16.5. The van der Waals surface area contributed by atoms with E-state index in [0.29, 0.717) is 118 Å². The molecule has 3 rings (SSSR count). The lowest BCUT2D eigenvalue weighted by molar-refractivity contribution is 0.0685. The lowest BCUT2D eigenvalue weighted by atomic mass is 10.1. The van der Waals surface area contributed by atoms with Crippen LogP contribution in [-0.2, 0) is 0 Å². The molecule has 0 saturated carbocycles. The van der Waals surface area contributed by atoms with E-state index in [4.69, 9.17) is 54.0 Å². The summed E-state index contributed by atoms with van der Waals surface area (Å²) >= 11 is 0. The fourth-order valence-electron chi connectivity index (χ4n) is 4.42. The summed E-state index contributed by atoms with van der Waals surface area (Å²) in [5.41, 5.74) is 0.310. The van der Waals surface area contributed by atoms with E-state index < -0.39 is 29.2 Å². The maximum Gasteiger partial charge on any atom is 0.335 e. The molecule has 6 N–H and O–H groups in total. The Morgan fingerprint density at radius 1 is 0.477 bits per heavy atom. The molecule has 0 spiro atoms. The molecule has 0 bridgehead atoms. The van der Waals surface area contributed by atoms with Crippen molar-refractivity contribution in [3.63, 3.8) is 0 Å². The maximum absolute atomic E-state index is 11.8. The van der Waals surface area contributed by atoms with Gasteiger partial charge in [0.2, 0.25) is 11.5 Å². The number of phenolic OH excluding ortho intramolecular Hbond substituents is 3. The Morgan fingerprint density at radius 3 is 0.938 bits per heavy atom. The Balaban J connectivity index is 0. The van der Waals surface area contributed by atoms with Gasteiger partial charge in [-0.25, -0.2) is 9.59 Å². The van der Waals surface area contributed by atoms with Crippen molar-refractivity contribution in [2.75, 3.05) is 46.2 Å². The van der Waals surface area contributed by atoms with Crippen LogP contribution in [0.5, 0.6) is 51.7 Å². The summed E-state index contributed by atoms with van der Waals surface area (Å²) in [5, 5.41) is 51.8. The number of aliphatic hydroxyl groups is 1. The predicted octanol–water partition coefficient (Wildman–Crippen LogP) is 10.3. The van der Waals surface area contributed by atoms with E-state index in [1.165, 1.54) is 19.1 Å². The van der Waals surface area contributed by atoms with Crippen molar-refractivity contribution < 1.29 is 73.4 Å². The fraction of sp³-hybridized carbons (Fsp3) is 0.300. The topological polar surface area (TPSA) is 228 Å². The van der Waals surface area contributed by atoms with Crippen molar-refractivity contribution in [1.29, 1.82) is 0 Å². The zero-order valence-corrected chi connectivity index (χ0v) is 37.6. The number of aromatic hydroxyl groups is 3. The van der Waals surface area contributed by atoms with Crippen LogP contribution in [0.2, 0.25) is 0 Å². The number of rotatable bonds is 27. The number of carboxylic acids is 2. The van der Waals surface area contributed by atoms with Crippen molar-refractivity contribution in [1.82, 2.24) is 0 Å². The Labute approximate surface area is 382 Å². The van der Waals surface area contributed by atoms with Gasteiger partial charge in [0.05, 0.1) is 50.8 Å². The van der Waals surface area contributed by atoms with Gasteiger partial charge in [-0.05, 0) is 88.8 Å². The van der Waals surface area contributed by atoms with Crippen LogP contribution in [-0.4, -0.2) is 94.6 Å². The second kappa shape index (κ2) is 37.2. The first-order chi connectivity index (χ1) is 31.2. The number of carbonyl (C=O) groups excluding carboxylic acids is 1. The highest BCUT2D eigenvalue weighted by Gasteiger charge is 2.19. The zero-order valence-electron chi connectivity index (χ0n) is 37.6. The van der Waals surface area contributed by atoms with Gasteiger partial charge in [-0.3, -0.25) is 4.79 Å². The summed E-state index contributed by atoms with van der Waals surface area (Å²) in [6.07, 6.45) is 14.5. The third-order valence-electron chi connectivity index (χ3n) is 7.47. The monoisotopic (exact) mass is 906 g/mol. The number of phenols is 3. The van der Waals surface area contributed by atoms with E-state index in [1.54, 1.807) is 55.5 Å². The highest BCUT2D eigenvalue weighted by Crippen LogP contribution is 2.41. The molecule has 0 saturated heterocycles. The van der Waals surface area contributed by atoms with Crippen LogP contribution in [0.3, 0.4) is 0 Å². The van der Waals surface area contributed by atoms with Crippen LogP contribution in [0, 0.1) is 0 Å². The molecule has 0 aliphatic rings. The van der Waals surface area contributed by atoms with Crippen LogP contribution < -0.4 is 28.4 Å². The molecule has 3 aromatic carbocycles. The molecule has 0 heterocycles. The van der Waals surface area contributed by atoms with Gasteiger partial charge in [0.1, 0.15) is 0 Å². The Bertz CT molecular complexity index is 1750. The van der Waals surface area contributed by atoms with Gasteiger partial charge in [0.25, 0.3) is 0 Å². The van der Waals surface area contributed by atoms with Crippen molar-refractivity contribution in [2.45, 2.75) is 52.4 Å². The van der Waals surface area contributed by atoms with E-state index in [0.717, 1.165) is 12.1 Å². The number of hydrogen-bond acceptors (Lipinski definition) is 13. The van der Waals surface area contributed by atoms with Gasteiger partial charge in [-0.15, -0.1) is 52.6 Å². The first-order valence-corrected chi connectivity index (χ1v) is 20.3. The minimum Gasteiger partial charge on any atom is -0.504 e. The molecule has 0 radical (unpaired) electrons. The fourth-order valence-corrected chi connectivity index (χ4v) is 4.42. The molecule has 356 valence electrons. The van der Waals surface area contributed by atoms with Gasteiger partial charge in [-0.1, -0.05) is 36.5 Å². The number of ether oxygens (including phenoxy) is 6. The van der Waals surface area contributed by atoms with Crippen LogP contribution in [0.25, 0.3) is 0 Å². The number of benzene rings is 3. The molecule has 0 atom stereocenters. The minimum absolute atomic E-state index is 0.0604. The smallest absolute Gasteiger partial charge is 0.335 e. The highest BCUT2D eigenvalue weighted by molar-refractivity contribution is 5.95. The molecule has 0 fully saturated rings.